The van der Waals surface area contributed by atoms with E-state index in [-0.39, 0.29) is 5.56 Å². The number of rotatable bonds is 3. The van der Waals surface area contributed by atoms with Gasteiger partial charge in [0.25, 0.3) is 0 Å². The first-order valence-corrected chi connectivity index (χ1v) is 4.46. The average Bonchev–Trinajstić information content (AvgIpc) is 2.11. The van der Waals surface area contributed by atoms with Gasteiger partial charge in [0, 0.05) is 17.7 Å². The maximum absolute atomic E-state index is 13.1. The fourth-order valence-electron chi connectivity index (χ4n) is 1.29. The van der Waals surface area contributed by atoms with Crippen molar-refractivity contribution < 1.29 is 13.2 Å². The summed E-state index contributed by atoms with van der Waals surface area (Å²) in [7, 11) is 0. The van der Waals surface area contributed by atoms with E-state index in [1.54, 1.807) is 0 Å². The van der Waals surface area contributed by atoms with Gasteiger partial charge in [-0.3, -0.25) is 0 Å². The highest BCUT2D eigenvalue weighted by molar-refractivity contribution is 5.23. The molecule has 0 fully saturated rings. The Hall–Kier alpha value is -1.03. The lowest BCUT2D eigenvalue weighted by molar-refractivity contribution is 0.480. The van der Waals surface area contributed by atoms with Crippen LogP contribution in [-0.2, 0) is 0 Å². The Morgan fingerprint density at radius 2 is 1.71 bits per heavy atom. The first kappa shape index (κ1) is 11.0. The number of halogens is 3. The highest BCUT2D eigenvalue weighted by Crippen LogP contribution is 2.21. The molecule has 1 aromatic rings. The SMILES string of the molecule is CCCC(N)c1cc(F)c(F)cc1F. The van der Waals surface area contributed by atoms with Crippen LogP contribution in [-0.4, -0.2) is 0 Å². The van der Waals surface area contributed by atoms with E-state index in [4.69, 9.17) is 5.73 Å². The number of hydrogen-bond donors (Lipinski definition) is 1. The van der Waals surface area contributed by atoms with Gasteiger partial charge in [-0.2, -0.15) is 0 Å². The molecular weight excluding hydrogens is 191 g/mol. The average molecular weight is 203 g/mol. The molecule has 1 aromatic carbocycles. The first-order chi connectivity index (χ1) is 6.56. The molecule has 1 atom stereocenters. The fraction of sp³-hybridized carbons (Fsp3) is 0.400. The molecule has 0 saturated carbocycles. The van der Waals surface area contributed by atoms with E-state index in [1.807, 2.05) is 6.92 Å². The van der Waals surface area contributed by atoms with Crippen LogP contribution in [0.1, 0.15) is 31.4 Å². The van der Waals surface area contributed by atoms with Crippen molar-refractivity contribution >= 4 is 0 Å². The molecule has 0 aromatic heterocycles. The highest BCUT2D eigenvalue weighted by Gasteiger charge is 2.14. The molecule has 0 spiro atoms. The summed E-state index contributed by atoms with van der Waals surface area (Å²) in [6, 6.07) is 0.778. The van der Waals surface area contributed by atoms with Crippen molar-refractivity contribution in [1.29, 1.82) is 0 Å². The van der Waals surface area contributed by atoms with E-state index in [2.05, 4.69) is 0 Å². The maximum Gasteiger partial charge on any atom is 0.161 e. The second-order valence-corrected chi connectivity index (χ2v) is 3.18. The van der Waals surface area contributed by atoms with Crippen molar-refractivity contribution in [2.45, 2.75) is 25.8 Å². The molecule has 0 radical (unpaired) electrons. The molecule has 1 rings (SSSR count). The monoisotopic (exact) mass is 203 g/mol. The van der Waals surface area contributed by atoms with Crippen molar-refractivity contribution in [3.63, 3.8) is 0 Å². The van der Waals surface area contributed by atoms with Gasteiger partial charge in [0.05, 0.1) is 0 Å². The third-order valence-electron chi connectivity index (χ3n) is 2.04. The van der Waals surface area contributed by atoms with E-state index in [0.29, 0.717) is 12.5 Å². The lowest BCUT2D eigenvalue weighted by Gasteiger charge is -2.11. The van der Waals surface area contributed by atoms with Crippen LogP contribution in [0.3, 0.4) is 0 Å². The van der Waals surface area contributed by atoms with Gasteiger partial charge < -0.3 is 5.73 Å². The van der Waals surface area contributed by atoms with Gasteiger partial charge in [-0.05, 0) is 12.5 Å². The lowest BCUT2D eigenvalue weighted by atomic mass is 10.0. The molecule has 0 heterocycles. The summed E-state index contributed by atoms with van der Waals surface area (Å²) in [5, 5.41) is 0. The van der Waals surface area contributed by atoms with Crippen LogP contribution in [0, 0.1) is 17.5 Å². The number of benzene rings is 1. The van der Waals surface area contributed by atoms with Crippen molar-refractivity contribution in [3.05, 3.63) is 35.1 Å². The summed E-state index contributed by atoms with van der Waals surface area (Å²) in [4.78, 5) is 0. The minimum Gasteiger partial charge on any atom is -0.324 e. The Kier molecular flexibility index (Phi) is 3.52. The third kappa shape index (κ3) is 2.26. The molecule has 4 heteroatoms. The van der Waals surface area contributed by atoms with Crippen LogP contribution in [0.25, 0.3) is 0 Å². The molecule has 0 amide bonds. The van der Waals surface area contributed by atoms with Crippen molar-refractivity contribution in [3.8, 4) is 0 Å². The van der Waals surface area contributed by atoms with Crippen LogP contribution >= 0.6 is 0 Å². The Balaban J connectivity index is 3.02. The van der Waals surface area contributed by atoms with E-state index in [1.165, 1.54) is 0 Å². The predicted molar refractivity (Wildman–Crippen MR) is 48.2 cm³/mol. The van der Waals surface area contributed by atoms with Gasteiger partial charge in [-0.1, -0.05) is 13.3 Å². The fourth-order valence-corrected chi connectivity index (χ4v) is 1.29. The van der Waals surface area contributed by atoms with Crippen LogP contribution in [0.5, 0.6) is 0 Å². The van der Waals surface area contributed by atoms with Gasteiger partial charge in [-0.15, -0.1) is 0 Å². The third-order valence-corrected chi connectivity index (χ3v) is 2.04. The van der Waals surface area contributed by atoms with Crippen molar-refractivity contribution in [2.75, 3.05) is 0 Å². The Morgan fingerprint density at radius 3 is 2.29 bits per heavy atom. The van der Waals surface area contributed by atoms with E-state index < -0.39 is 23.5 Å². The maximum atomic E-state index is 13.1. The molecule has 14 heavy (non-hydrogen) atoms. The molecule has 0 aliphatic carbocycles. The molecule has 2 N–H and O–H groups in total. The summed E-state index contributed by atoms with van der Waals surface area (Å²) in [6.07, 6.45) is 1.31. The predicted octanol–water partition coefficient (Wildman–Crippen LogP) is 2.90. The summed E-state index contributed by atoms with van der Waals surface area (Å²) >= 11 is 0. The summed E-state index contributed by atoms with van der Waals surface area (Å²) < 4.78 is 38.4. The molecule has 0 bridgehead atoms. The smallest absolute Gasteiger partial charge is 0.161 e. The second kappa shape index (κ2) is 4.46. The van der Waals surface area contributed by atoms with Gasteiger partial charge in [0.15, 0.2) is 11.6 Å². The van der Waals surface area contributed by atoms with Gasteiger partial charge in [0.1, 0.15) is 5.82 Å². The van der Waals surface area contributed by atoms with Gasteiger partial charge in [-0.25, -0.2) is 13.2 Å². The summed E-state index contributed by atoms with van der Waals surface area (Å²) in [5.41, 5.74) is 5.63. The zero-order valence-electron chi connectivity index (χ0n) is 7.86. The molecule has 1 nitrogen and oxygen atoms in total. The van der Waals surface area contributed by atoms with E-state index >= 15 is 0 Å². The number of hydrogen-bond acceptors (Lipinski definition) is 1. The molecule has 0 aliphatic heterocycles. The van der Waals surface area contributed by atoms with Gasteiger partial charge in [0.2, 0.25) is 0 Å². The minimum absolute atomic E-state index is 0.0331. The lowest BCUT2D eigenvalue weighted by Crippen LogP contribution is -2.12. The van der Waals surface area contributed by atoms with Crippen LogP contribution in [0.2, 0.25) is 0 Å². The highest BCUT2D eigenvalue weighted by atomic mass is 19.2. The van der Waals surface area contributed by atoms with Crippen molar-refractivity contribution in [2.24, 2.45) is 5.73 Å². The largest absolute Gasteiger partial charge is 0.324 e. The first-order valence-electron chi connectivity index (χ1n) is 4.46. The minimum atomic E-state index is -1.19. The zero-order chi connectivity index (χ0) is 10.7. The van der Waals surface area contributed by atoms with Crippen LogP contribution in [0.4, 0.5) is 13.2 Å². The number of nitrogens with two attached hydrogens (primary N) is 1. The molecule has 0 saturated heterocycles. The zero-order valence-corrected chi connectivity index (χ0v) is 7.86. The summed E-state index contributed by atoms with van der Waals surface area (Å²) in [6.45, 7) is 1.89. The van der Waals surface area contributed by atoms with Gasteiger partial charge >= 0.3 is 0 Å². The molecule has 0 aliphatic rings. The Labute approximate surface area is 80.7 Å². The quantitative estimate of drug-likeness (QED) is 0.751. The second-order valence-electron chi connectivity index (χ2n) is 3.18. The topological polar surface area (TPSA) is 26.0 Å². The van der Waals surface area contributed by atoms with Crippen molar-refractivity contribution in [1.82, 2.24) is 0 Å². The van der Waals surface area contributed by atoms with E-state index in [0.717, 1.165) is 12.5 Å². The normalized spacial score (nSPS) is 12.9. The van der Waals surface area contributed by atoms with Crippen LogP contribution in [0.15, 0.2) is 12.1 Å². The standard InChI is InChI=1S/C10H12F3N/c1-2-3-10(14)6-4-8(12)9(13)5-7(6)11/h4-5,10H,2-3,14H2,1H3. The van der Waals surface area contributed by atoms with E-state index in [9.17, 15) is 13.2 Å². The Morgan fingerprint density at radius 1 is 1.14 bits per heavy atom. The molecule has 1 unspecified atom stereocenters. The molecular formula is C10H12F3N. The summed E-state index contributed by atoms with van der Waals surface area (Å²) in [5.74, 6) is -3.03. The van der Waals surface area contributed by atoms with Crippen LogP contribution < -0.4 is 5.73 Å². The molecule has 78 valence electrons. The Bertz CT molecular complexity index is 325.